The second-order valence-corrected chi connectivity index (χ2v) is 3.13. The quantitative estimate of drug-likeness (QED) is 0.539. The molecule has 0 spiro atoms. The number of hydrogen-bond acceptors (Lipinski definition) is 3. The first-order valence-corrected chi connectivity index (χ1v) is 4.41. The summed E-state index contributed by atoms with van der Waals surface area (Å²) in [6.07, 6.45) is 1.67. The highest BCUT2D eigenvalue weighted by molar-refractivity contribution is 5.79. The molecule has 1 aromatic rings. The molecule has 3 heteroatoms. The molecule has 0 amide bonds. The van der Waals surface area contributed by atoms with Crippen LogP contribution in [0.15, 0.2) is 29.4 Å². The molecule has 0 aliphatic rings. The molecular weight excluding hydrogens is 176 g/mol. The Hall–Kier alpha value is -1.82. The molecule has 3 nitrogen and oxygen atoms in total. The lowest BCUT2D eigenvalue weighted by atomic mass is 10.1. The maximum Gasteiger partial charge on any atom is 0.122 e. The van der Waals surface area contributed by atoms with Crippen LogP contribution in [0.4, 0.5) is 0 Å². The molecule has 0 aliphatic heterocycles. The maximum absolute atomic E-state index is 8.65. The van der Waals surface area contributed by atoms with Gasteiger partial charge in [-0.05, 0) is 31.5 Å². The predicted octanol–water partition coefficient (Wildman–Crippen LogP) is 2.32. The van der Waals surface area contributed by atoms with Crippen molar-refractivity contribution in [1.82, 2.24) is 0 Å². The molecule has 0 aliphatic carbocycles. The molecule has 0 saturated heterocycles. The smallest absolute Gasteiger partial charge is 0.122 e. The largest absolute Gasteiger partial charge is 0.393 e. The van der Waals surface area contributed by atoms with Crippen molar-refractivity contribution < 1.29 is 4.84 Å². The topological polar surface area (TPSA) is 45.4 Å². The third kappa shape index (κ3) is 3.28. The number of nitrogens with zero attached hydrogens (tertiary/aromatic N) is 2. The van der Waals surface area contributed by atoms with E-state index in [9.17, 15) is 0 Å². The van der Waals surface area contributed by atoms with Gasteiger partial charge in [0, 0.05) is 0 Å². The van der Waals surface area contributed by atoms with Gasteiger partial charge in [-0.2, -0.15) is 5.26 Å². The zero-order chi connectivity index (χ0) is 10.4. The molecular formula is C11H12N2O. The minimum absolute atomic E-state index is 0.0744. The van der Waals surface area contributed by atoms with Gasteiger partial charge in [-0.15, -0.1) is 0 Å². The van der Waals surface area contributed by atoms with Gasteiger partial charge in [-0.25, -0.2) is 0 Å². The monoisotopic (exact) mass is 188 g/mol. The average molecular weight is 188 g/mol. The molecule has 0 atom stereocenters. The van der Waals surface area contributed by atoms with E-state index in [1.807, 2.05) is 26.0 Å². The summed E-state index contributed by atoms with van der Waals surface area (Å²) in [6.45, 7) is 3.81. The van der Waals surface area contributed by atoms with Gasteiger partial charge in [0.1, 0.15) is 6.10 Å². The normalized spacial score (nSPS) is 10.4. The first-order chi connectivity index (χ1) is 6.72. The van der Waals surface area contributed by atoms with E-state index in [4.69, 9.17) is 10.1 Å². The second kappa shape index (κ2) is 5.03. The van der Waals surface area contributed by atoms with Crippen LogP contribution in [-0.4, -0.2) is 12.3 Å². The van der Waals surface area contributed by atoms with Crippen molar-refractivity contribution in [2.75, 3.05) is 0 Å². The van der Waals surface area contributed by atoms with E-state index >= 15 is 0 Å². The van der Waals surface area contributed by atoms with Crippen LogP contribution in [0.5, 0.6) is 0 Å². The third-order valence-corrected chi connectivity index (χ3v) is 1.49. The Morgan fingerprint density at radius 2 is 2.29 bits per heavy atom. The summed E-state index contributed by atoms with van der Waals surface area (Å²) in [7, 11) is 0. The van der Waals surface area contributed by atoms with Crippen molar-refractivity contribution in [1.29, 1.82) is 5.26 Å². The summed E-state index contributed by atoms with van der Waals surface area (Å²) in [5.74, 6) is 0. The van der Waals surface area contributed by atoms with Gasteiger partial charge >= 0.3 is 0 Å². The molecule has 0 saturated carbocycles. The van der Waals surface area contributed by atoms with Crippen LogP contribution in [0.1, 0.15) is 25.0 Å². The molecule has 14 heavy (non-hydrogen) atoms. The van der Waals surface area contributed by atoms with Crippen molar-refractivity contribution in [2.24, 2.45) is 5.16 Å². The Kier molecular flexibility index (Phi) is 3.69. The highest BCUT2D eigenvalue weighted by Crippen LogP contribution is 2.01. The lowest BCUT2D eigenvalue weighted by Gasteiger charge is -2.00. The summed E-state index contributed by atoms with van der Waals surface area (Å²) in [5.41, 5.74) is 1.49. The Balaban J connectivity index is 2.68. The molecule has 72 valence electrons. The van der Waals surface area contributed by atoms with Crippen LogP contribution >= 0.6 is 0 Å². The van der Waals surface area contributed by atoms with Gasteiger partial charge in [-0.1, -0.05) is 17.3 Å². The lowest BCUT2D eigenvalue weighted by molar-refractivity contribution is 0.0874. The maximum atomic E-state index is 8.65. The van der Waals surface area contributed by atoms with Crippen LogP contribution in [0, 0.1) is 11.3 Å². The lowest BCUT2D eigenvalue weighted by Crippen LogP contribution is -1.96. The average Bonchev–Trinajstić information content (AvgIpc) is 2.18. The Labute approximate surface area is 83.6 Å². The van der Waals surface area contributed by atoms with E-state index < -0.39 is 0 Å². The molecule has 0 heterocycles. The van der Waals surface area contributed by atoms with Crippen LogP contribution in [0.2, 0.25) is 0 Å². The fraction of sp³-hybridized carbons (Fsp3) is 0.273. The van der Waals surface area contributed by atoms with Crippen molar-refractivity contribution in [3.8, 4) is 6.07 Å². The Morgan fingerprint density at radius 3 is 2.93 bits per heavy atom. The third-order valence-electron chi connectivity index (χ3n) is 1.49. The van der Waals surface area contributed by atoms with Gasteiger partial charge in [0.2, 0.25) is 0 Å². The first-order valence-electron chi connectivity index (χ1n) is 4.41. The predicted molar refractivity (Wildman–Crippen MR) is 55.0 cm³/mol. The van der Waals surface area contributed by atoms with E-state index in [1.165, 1.54) is 0 Å². The number of benzene rings is 1. The SMILES string of the molecule is CC(C)ON=Cc1cccc(C#N)c1. The van der Waals surface area contributed by atoms with E-state index in [1.54, 1.807) is 18.3 Å². The van der Waals surface area contributed by atoms with Gasteiger partial charge in [0.05, 0.1) is 17.8 Å². The number of rotatable bonds is 3. The van der Waals surface area contributed by atoms with E-state index in [-0.39, 0.29) is 6.10 Å². The van der Waals surface area contributed by atoms with Crippen molar-refractivity contribution in [3.05, 3.63) is 35.4 Å². The number of oxime groups is 1. The van der Waals surface area contributed by atoms with Gasteiger partial charge in [-0.3, -0.25) is 0 Å². The summed E-state index contributed by atoms with van der Waals surface area (Å²) >= 11 is 0. The minimum Gasteiger partial charge on any atom is -0.393 e. The van der Waals surface area contributed by atoms with Crippen LogP contribution in [-0.2, 0) is 4.84 Å². The molecule has 1 aromatic carbocycles. The highest BCUT2D eigenvalue weighted by Gasteiger charge is 1.92. The van der Waals surface area contributed by atoms with Gasteiger partial charge in [0.25, 0.3) is 0 Å². The minimum atomic E-state index is 0.0744. The van der Waals surface area contributed by atoms with Crippen LogP contribution < -0.4 is 0 Å². The summed E-state index contributed by atoms with van der Waals surface area (Å²) < 4.78 is 0. The highest BCUT2D eigenvalue weighted by atomic mass is 16.6. The van der Waals surface area contributed by atoms with Crippen molar-refractivity contribution in [2.45, 2.75) is 20.0 Å². The fourth-order valence-corrected chi connectivity index (χ4v) is 0.902. The van der Waals surface area contributed by atoms with E-state index in [0.717, 1.165) is 5.56 Å². The van der Waals surface area contributed by atoms with Crippen molar-refractivity contribution in [3.63, 3.8) is 0 Å². The molecule has 1 rings (SSSR count). The van der Waals surface area contributed by atoms with Crippen LogP contribution in [0.25, 0.3) is 0 Å². The molecule has 0 aromatic heterocycles. The molecule has 0 unspecified atom stereocenters. The second-order valence-electron chi connectivity index (χ2n) is 3.13. The molecule has 0 N–H and O–H groups in total. The van der Waals surface area contributed by atoms with E-state index in [2.05, 4.69) is 11.2 Å². The molecule has 0 radical (unpaired) electrons. The first kappa shape index (κ1) is 10.3. The van der Waals surface area contributed by atoms with Gasteiger partial charge < -0.3 is 4.84 Å². The summed E-state index contributed by atoms with van der Waals surface area (Å²) in [5, 5.41) is 12.4. The zero-order valence-electron chi connectivity index (χ0n) is 8.27. The molecule has 0 fully saturated rings. The molecule has 0 bridgehead atoms. The van der Waals surface area contributed by atoms with E-state index in [0.29, 0.717) is 5.56 Å². The Bertz CT molecular complexity index is 364. The van der Waals surface area contributed by atoms with Crippen molar-refractivity contribution >= 4 is 6.21 Å². The number of nitriles is 1. The summed E-state index contributed by atoms with van der Waals surface area (Å²) in [6, 6.07) is 9.26. The standard InChI is InChI=1S/C11H12N2O/c1-9(2)14-13-8-11-5-3-4-10(6-11)7-12/h3-6,8-9H,1-2H3. The Morgan fingerprint density at radius 1 is 1.50 bits per heavy atom. The fourth-order valence-electron chi connectivity index (χ4n) is 0.902. The summed E-state index contributed by atoms with van der Waals surface area (Å²) in [4.78, 5) is 5.01. The zero-order valence-corrected chi connectivity index (χ0v) is 8.27. The van der Waals surface area contributed by atoms with Gasteiger partial charge in [0.15, 0.2) is 0 Å². The number of hydrogen-bond donors (Lipinski definition) is 0. The van der Waals surface area contributed by atoms with Crippen LogP contribution in [0.3, 0.4) is 0 Å².